The zero-order valence-electron chi connectivity index (χ0n) is 11.3. The highest BCUT2D eigenvalue weighted by molar-refractivity contribution is 9.10. The van der Waals surface area contributed by atoms with Gasteiger partial charge in [-0.3, -0.25) is 9.69 Å². The van der Waals surface area contributed by atoms with Crippen molar-refractivity contribution in [3.8, 4) is 0 Å². The van der Waals surface area contributed by atoms with Crippen LogP contribution in [0.5, 0.6) is 0 Å². The third-order valence-electron chi connectivity index (χ3n) is 3.14. The van der Waals surface area contributed by atoms with Crippen molar-refractivity contribution in [1.29, 1.82) is 0 Å². The van der Waals surface area contributed by atoms with Crippen molar-refractivity contribution in [2.45, 2.75) is 6.92 Å². The molecular formula is C13H17BrN2O3S. The van der Waals surface area contributed by atoms with Crippen molar-refractivity contribution < 1.29 is 14.3 Å². The van der Waals surface area contributed by atoms with E-state index >= 15 is 0 Å². The van der Waals surface area contributed by atoms with Gasteiger partial charge in [0.15, 0.2) is 5.78 Å². The summed E-state index contributed by atoms with van der Waals surface area (Å²) in [7, 11) is 0. The van der Waals surface area contributed by atoms with Gasteiger partial charge in [-0.2, -0.15) is 0 Å². The minimum Gasteiger partial charge on any atom is -0.450 e. The lowest BCUT2D eigenvalue weighted by Gasteiger charge is -2.33. The second kappa shape index (κ2) is 7.19. The average molecular weight is 361 g/mol. The number of rotatable bonds is 4. The molecule has 0 saturated carbocycles. The first-order valence-corrected chi connectivity index (χ1v) is 8.19. The first-order chi connectivity index (χ1) is 9.61. The summed E-state index contributed by atoms with van der Waals surface area (Å²) in [5, 5.41) is 1.90. The molecule has 0 aliphatic carbocycles. The van der Waals surface area contributed by atoms with Gasteiger partial charge in [0.2, 0.25) is 0 Å². The van der Waals surface area contributed by atoms with Crippen LogP contribution in [-0.4, -0.2) is 61.0 Å². The molecule has 110 valence electrons. The molecule has 1 aliphatic rings. The summed E-state index contributed by atoms with van der Waals surface area (Å²) in [6.45, 7) is 5.21. The summed E-state index contributed by atoms with van der Waals surface area (Å²) in [5.41, 5.74) is 0. The van der Waals surface area contributed by atoms with E-state index < -0.39 is 0 Å². The lowest BCUT2D eigenvalue weighted by Crippen LogP contribution is -2.50. The van der Waals surface area contributed by atoms with E-state index in [9.17, 15) is 9.59 Å². The summed E-state index contributed by atoms with van der Waals surface area (Å²) in [5.74, 6) is 0.122. The molecule has 2 heterocycles. The van der Waals surface area contributed by atoms with Crippen LogP contribution in [0.15, 0.2) is 15.9 Å². The number of carbonyl (C=O) groups excluding carboxylic acids is 2. The van der Waals surface area contributed by atoms with Crippen LogP contribution in [0.25, 0.3) is 0 Å². The van der Waals surface area contributed by atoms with Gasteiger partial charge in [-0.15, -0.1) is 11.3 Å². The molecule has 0 atom stereocenters. The summed E-state index contributed by atoms with van der Waals surface area (Å²) >= 11 is 4.83. The van der Waals surface area contributed by atoms with Gasteiger partial charge in [0.1, 0.15) is 0 Å². The largest absolute Gasteiger partial charge is 0.450 e. The van der Waals surface area contributed by atoms with Gasteiger partial charge in [0.05, 0.1) is 18.0 Å². The van der Waals surface area contributed by atoms with Gasteiger partial charge >= 0.3 is 6.09 Å². The Balaban J connectivity index is 1.81. The molecule has 7 heteroatoms. The molecule has 5 nitrogen and oxygen atoms in total. The van der Waals surface area contributed by atoms with Gasteiger partial charge in [0.25, 0.3) is 0 Å². The number of ether oxygens (including phenoxy) is 1. The van der Waals surface area contributed by atoms with Crippen LogP contribution in [0.4, 0.5) is 4.79 Å². The highest BCUT2D eigenvalue weighted by atomic mass is 79.9. The van der Waals surface area contributed by atoms with E-state index in [0.717, 1.165) is 9.35 Å². The van der Waals surface area contributed by atoms with Crippen LogP contribution >= 0.6 is 27.3 Å². The molecule has 0 unspecified atom stereocenters. The van der Waals surface area contributed by atoms with Crippen molar-refractivity contribution in [2.24, 2.45) is 0 Å². The fraction of sp³-hybridized carbons (Fsp3) is 0.538. The maximum Gasteiger partial charge on any atom is 0.409 e. The number of Topliss-reactive ketones (excluding diaryl/α,β-unsaturated/α-hetero) is 1. The van der Waals surface area contributed by atoms with Crippen LogP contribution in [0.2, 0.25) is 0 Å². The van der Waals surface area contributed by atoms with Gasteiger partial charge in [0, 0.05) is 30.7 Å². The van der Waals surface area contributed by atoms with E-state index in [2.05, 4.69) is 20.8 Å². The summed E-state index contributed by atoms with van der Waals surface area (Å²) in [4.78, 5) is 28.2. The first kappa shape index (κ1) is 15.5. The molecule has 0 radical (unpaired) electrons. The fourth-order valence-corrected chi connectivity index (χ4v) is 3.60. The molecule has 0 spiro atoms. The Morgan fingerprint density at radius 3 is 2.60 bits per heavy atom. The standard InChI is InChI=1S/C13H17BrN2O3S/c1-2-19-13(18)16-6-4-15(5-7-16)9-11(17)12-10(14)3-8-20-12/h3,8H,2,4-7,9H2,1H3. The summed E-state index contributed by atoms with van der Waals surface area (Å²) in [6, 6.07) is 1.89. The molecule has 1 amide bonds. The van der Waals surface area contributed by atoms with E-state index in [1.165, 1.54) is 11.3 Å². The summed E-state index contributed by atoms with van der Waals surface area (Å²) < 4.78 is 5.83. The van der Waals surface area contributed by atoms with Gasteiger partial charge in [-0.1, -0.05) is 0 Å². The van der Waals surface area contributed by atoms with E-state index in [1.807, 2.05) is 11.4 Å². The third-order valence-corrected chi connectivity index (χ3v) is 5.01. The number of piperazine rings is 1. The molecule has 2 rings (SSSR count). The highest BCUT2D eigenvalue weighted by Gasteiger charge is 2.24. The molecular weight excluding hydrogens is 344 g/mol. The minimum atomic E-state index is -0.264. The number of thiophene rings is 1. The molecule has 1 aliphatic heterocycles. The zero-order valence-corrected chi connectivity index (χ0v) is 13.7. The first-order valence-electron chi connectivity index (χ1n) is 6.52. The lowest BCUT2D eigenvalue weighted by molar-refractivity contribution is 0.0734. The average Bonchev–Trinajstić information content (AvgIpc) is 2.86. The van der Waals surface area contributed by atoms with Crippen LogP contribution in [-0.2, 0) is 4.74 Å². The second-order valence-corrected chi connectivity index (χ2v) is 6.25. The van der Waals surface area contributed by atoms with E-state index in [-0.39, 0.29) is 11.9 Å². The summed E-state index contributed by atoms with van der Waals surface area (Å²) in [6.07, 6.45) is -0.264. The number of nitrogens with zero attached hydrogens (tertiary/aromatic N) is 2. The number of halogens is 1. The Bertz CT molecular complexity index is 484. The van der Waals surface area contributed by atoms with Gasteiger partial charge in [-0.25, -0.2) is 4.79 Å². The molecule has 1 saturated heterocycles. The number of ketones is 1. The second-order valence-electron chi connectivity index (χ2n) is 4.48. The Kier molecular flexibility index (Phi) is 5.56. The molecule has 1 aromatic rings. The van der Waals surface area contributed by atoms with Gasteiger partial charge in [-0.05, 0) is 34.3 Å². The van der Waals surface area contributed by atoms with Gasteiger partial charge < -0.3 is 9.64 Å². The molecule has 0 bridgehead atoms. The van der Waals surface area contributed by atoms with E-state index in [0.29, 0.717) is 39.3 Å². The molecule has 1 aromatic heterocycles. The van der Waals surface area contributed by atoms with Crippen molar-refractivity contribution >= 4 is 39.1 Å². The van der Waals surface area contributed by atoms with Crippen LogP contribution in [0.1, 0.15) is 16.6 Å². The van der Waals surface area contributed by atoms with E-state index in [1.54, 1.807) is 11.8 Å². The Morgan fingerprint density at radius 1 is 1.35 bits per heavy atom. The Hall–Kier alpha value is -0.920. The smallest absolute Gasteiger partial charge is 0.409 e. The number of amides is 1. The minimum absolute atomic E-state index is 0.122. The normalized spacial score (nSPS) is 16.2. The number of hydrogen-bond donors (Lipinski definition) is 0. The van der Waals surface area contributed by atoms with Crippen molar-refractivity contribution in [1.82, 2.24) is 9.80 Å². The highest BCUT2D eigenvalue weighted by Crippen LogP contribution is 2.23. The molecule has 0 aromatic carbocycles. The number of hydrogen-bond acceptors (Lipinski definition) is 5. The van der Waals surface area contributed by atoms with Crippen LogP contribution in [0, 0.1) is 0 Å². The predicted octanol–water partition coefficient (Wildman–Crippen LogP) is 2.47. The molecule has 0 N–H and O–H groups in total. The topological polar surface area (TPSA) is 49.9 Å². The number of carbonyl (C=O) groups is 2. The third kappa shape index (κ3) is 3.80. The molecule has 20 heavy (non-hydrogen) atoms. The predicted molar refractivity (Wildman–Crippen MR) is 81.4 cm³/mol. The quantitative estimate of drug-likeness (QED) is 0.774. The Labute approximate surface area is 130 Å². The monoisotopic (exact) mass is 360 g/mol. The fourth-order valence-electron chi connectivity index (χ4n) is 2.07. The Morgan fingerprint density at radius 2 is 2.05 bits per heavy atom. The zero-order chi connectivity index (χ0) is 14.5. The van der Waals surface area contributed by atoms with Crippen LogP contribution < -0.4 is 0 Å². The maximum atomic E-state index is 12.1. The van der Waals surface area contributed by atoms with Crippen molar-refractivity contribution in [2.75, 3.05) is 39.3 Å². The van der Waals surface area contributed by atoms with Crippen LogP contribution in [0.3, 0.4) is 0 Å². The lowest BCUT2D eigenvalue weighted by atomic mass is 10.2. The molecule has 1 fully saturated rings. The van der Waals surface area contributed by atoms with E-state index in [4.69, 9.17) is 4.74 Å². The van der Waals surface area contributed by atoms with Crippen molar-refractivity contribution in [3.05, 3.63) is 20.8 Å². The maximum absolute atomic E-state index is 12.1. The van der Waals surface area contributed by atoms with Crippen molar-refractivity contribution in [3.63, 3.8) is 0 Å². The SMILES string of the molecule is CCOC(=O)N1CCN(CC(=O)c2sccc2Br)CC1.